The Morgan fingerprint density at radius 3 is 2.76 bits per heavy atom. The van der Waals surface area contributed by atoms with E-state index in [1.165, 1.54) is 12.1 Å². The molecule has 1 rings (SSSR count). The molecule has 17 heavy (non-hydrogen) atoms. The summed E-state index contributed by atoms with van der Waals surface area (Å²) in [6.07, 6.45) is 1.02. The molecule has 0 atom stereocenters. The van der Waals surface area contributed by atoms with E-state index in [9.17, 15) is 9.18 Å². The molecular formula is C13H18FNO2. The molecule has 94 valence electrons. The van der Waals surface area contributed by atoms with E-state index in [0.29, 0.717) is 18.7 Å². The van der Waals surface area contributed by atoms with E-state index in [4.69, 9.17) is 5.11 Å². The first kappa shape index (κ1) is 13.6. The lowest BCUT2D eigenvalue weighted by Gasteiger charge is -2.21. The lowest BCUT2D eigenvalue weighted by atomic mass is 10.1. The molecule has 0 unspecified atom stereocenters. The predicted octanol–water partition coefficient (Wildman–Crippen LogP) is 1.60. The van der Waals surface area contributed by atoms with Crippen molar-refractivity contribution in [3.63, 3.8) is 0 Å². The Morgan fingerprint density at radius 2 is 2.18 bits per heavy atom. The zero-order valence-corrected chi connectivity index (χ0v) is 10.0. The van der Waals surface area contributed by atoms with Crippen LogP contribution in [-0.4, -0.2) is 35.6 Å². The van der Waals surface area contributed by atoms with Gasteiger partial charge in [0.1, 0.15) is 5.82 Å². The normalized spacial score (nSPS) is 10.3. The van der Waals surface area contributed by atoms with Crippen molar-refractivity contribution in [2.75, 3.05) is 19.7 Å². The standard InChI is InChI=1S/C13H18FNO2/c1-2-6-15(7-8-16)13(17)10-11-4-3-5-12(14)9-11/h3-5,9,16H,2,6-8,10H2,1H3. The fourth-order valence-corrected chi connectivity index (χ4v) is 1.69. The van der Waals surface area contributed by atoms with E-state index in [2.05, 4.69) is 0 Å². The maximum Gasteiger partial charge on any atom is 0.227 e. The highest BCUT2D eigenvalue weighted by Crippen LogP contribution is 2.06. The van der Waals surface area contributed by atoms with Crippen LogP contribution in [0.3, 0.4) is 0 Å². The first-order chi connectivity index (χ1) is 8.17. The monoisotopic (exact) mass is 239 g/mol. The Hall–Kier alpha value is -1.42. The van der Waals surface area contributed by atoms with Gasteiger partial charge in [-0.05, 0) is 24.1 Å². The minimum Gasteiger partial charge on any atom is -0.395 e. The molecular weight excluding hydrogens is 221 g/mol. The highest BCUT2D eigenvalue weighted by molar-refractivity contribution is 5.78. The van der Waals surface area contributed by atoms with Gasteiger partial charge in [0.15, 0.2) is 0 Å². The van der Waals surface area contributed by atoms with Crippen molar-refractivity contribution in [1.82, 2.24) is 4.90 Å². The van der Waals surface area contributed by atoms with Gasteiger partial charge in [-0.25, -0.2) is 4.39 Å². The van der Waals surface area contributed by atoms with Gasteiger partial charge in [-0.3, -0.25) is 4.79 Å². The molecule has 0 aliphatic rings. The fraction of sp³-hybridized carbons (Fsp3) is 0.462. The third-order valence-electron chi connectivity index (χ3n) is 2.46. The quantitative estimate of drug-likeness (QED) is 0.819. The van der Waals surface area contributed by atoms with Crippen molar-refractivity contribution in [2.24, 2.45) is 0 Å². The number of carbonyl (C=O) groups is 1. The van der Waals surface area contributed by atoms with Crippen LogP contribution in [0, 0.1) is 5.82 Å². The van der Waals surface area contributed by atoms with Crippen molar-refractivity contribution >= 4 is 5.91 Å². The summed E-state index contributed by atoms with van der Waals surface area (Å²) in [5.74, 6) is -0.411. The van der Waals surface area contributed by atoms with Crippen LogP contribution in [0.25, 0.3) is 0 Å². The molecule has 0 saturated heterocycles. The summed E-state index contributed by atoms with van der Waals surface area (Å²) in [5, 5.41) is 8.87. The molecule has 0 heterocycles. The summed E-state index contributed by atoms with van der Waals surface area (Å²) in [6.45, 7) is 2.88. The zero-order chi connectivity index (χ0) is 12.7. The molecule has 0 aliphatic carbocycles. The first-order valence-electron chi connectivity index (χ1n) is 5.80. The van der Waals surface area contributed by atoms with Crippen LogP contribution in [0.2, 0.25) is 0 Å². The summed E-state index contributed by atoms with van der Waals surface area (Å²) < 4.78 is 12.9. The molecule has 0 fully saturated rings. The second-order valence-corrected chi connectivity index (χ2v) is 3.91. The molecule has 0 bridgehead atoms. The van der Waals surface area contributed by atoms with Gasteiger partial charge in [-0.2, -0.15) is 0 Å². The second-order valence-electron chi connectivity index (χ2n) is 3.91. The van der Waals surface area contributed by atoms with Gasteiger partial charge in [0.05, 0.1) is 13.0 Å². The summed E-state index contributed by atoms with van der Waals surface area (Å²) in [5.41, 5.74) is 0.661. The van der Waals surface area contributed by atoms with Crippen molar-refractivity contribution in [1.29, 1.82) is 0 Å². The number of aliphatic hydroxyl groups is 1. The molecule has 1 aromatic rings. The van der Waals surface area contributed by atoms with E-state index in [1.807, 2.05) is 6.92 Å². The first-order valence-corrected chi connectivity index (χ1v) is 5.80. The lowest BCUT2D eigenvalue weighted by Crippen LogP contribution is -2.35. The summed E-state index contributed by atoms with van der Waals surface area (Å²) in [6, 6.07) is 6.03. The zero-order valence-electron chi connectivity index (χ0n) is 10.0. The molecule has 0 saturated carbocycles. The summed E-state index contributed by atoms with van der Waals surface area (Å²) >= 11 is 0. The minimum atomic E-state index is -0.334. The lowest BCUT2D eigenvalue weighted by molar-refractivity contribution is -0.131. The second kappa shape index (κ2) is 7.01. The van der Waals surface area contributed by atoms with Crippen LogP contribution in [0.4, 0.5) is 4.39 Å². The molecule has 0 aliphatic heterocycles. The van der Waals surface area contributed by atoms with Crippen LogP contribution in [0.1, 0.15) is 18.9 Å². The predicted molar refractivity (Wildman–Crippen MR) is 64.1 cm³/mol. The molecule has 0 aromatic heterocycles. The topological polar surface area (TPSA) is 40.5 Å². The number of aliphatic hydroxyl groups excluding tert-OH is 1. The molecule has 1 amide bonds. The number of benzene rings is 1. The van der Waals surface area contributed by atoms with Crippen molar-refractivity contribution < 1.29 is 14.3 Å². The Morgan fingerprint density at radius 1 is 1.41 bits per heavy atom. The van der Waals surface area contributed by atoms with Gasteiger partial charge in [-0.1, -0.05) is 19.1 Å². The summed E-state index contributed by atoms with van der Waals surface area (Å²) in [4.78, 5) is 13.5. The highest BCUT2D eigenvalue weighted by Gasteiger charge is 2.12. The van der Waals surface area contributed by atoms with Gasteiger partial charge >= 0.3 is 0 Å². The average Bonchev–Trinajstić information content (AvgIpc) is 2.28. The van der Waals surface area contributed by atoms with Gasteiger partial charge in [-0.15, -0.1) is 0 Å². The van der Waals surface area contributed by atoms with Crippen LogP contribution in [0.5, 0.6) is 0 Å². The van der Waals surface area contributed by atoms with Crippen molar-refractivity contribution in [3.05, 3.63) is 35.6 Å². The van der Waals surface area contributed by atoms with Crippen molar-refractivity contribution in [3.8, 4) is 0 Å². The Balaban J connectivity index is 2.62. The number of halogens is 1. The SMILES string of the molecule is CCCN(CCO)C(=O)Cc1cccc(F)c1. The Kier molecular flexibility index (Phi) is 5.63. The number of hydrogen-bond acceptors (Lipinski definition) is 2. The van der Waals surface area contributed by atoms with Crippen LogP contribution in [0.15, 0.2) is 24.3 Å². The smallest absolute Gasteiger partial charge is 0.227 e. The number of carbonyl (C=O) groups excluding carboxylic acids is 1. The molecule has 0 spiro atoms. The number of hydrogen-bond donors (Lipinski definition) is 1. The Labute approximate surface area is 101 Å². The number of nitrogens with zero attached hydrogens (tertiary/aromatic N) is 1. The number of rotatable bonds is 6. The minimum absolute atomic E-state index is 0.0467. The maximum atomic E-state index is 12.9. The fourth-order valence-electron chi connectivity index (χ4n) is 1.69. The van der Waals surface area contributed by atoms with Crippen LogP contribution in [-0.2, 0) is 11.2 Å². The molecule has 4 heteroatoms. The van der Waals surface area contributed by atoms with E-state index < -0.39 is 0 Å². The highest BCUT2D eigenvalue weighted by atomic mass is 19.1. The maximum absolute atomic E-state index is 12.9. The number of amides is 1. The van der Waals surface area contributed by atoms with E-state index in [1.54, 1.807) is 17.0 Å². The Bertz CT molecular complexity index is 362. The largest absolute Gasteiger partial charge is 0.395 e. The van der Waals surface area contributed by atoms with E-state index >= 15 is 0 Å². The molecule has 0 radical (unpaired) electrons. The van der Waals surface area contributed by atoms with E-state index in [-0.39, 0.29) is 24.8 Å². The third-order valence-corrected chi connectivity index (χ3v) is 2.46. The average molecular weight is 239 g/mol. The molecule has 1 aromatic carbocycles. The van der Waals surface area contributed by atoms with Gasteiger partial charge in [0, 0.05) is 13.1 Å². The summed E-state index contributed by atoms with van der Waals surface area (Å²) in [7, 11) is 0. The van der Waals surface area contributed by atoms with Crippen LogP contribution >= 0.6 is 0 Å². The van der Waals surface area contributed by atoms with Gasteiger partial charge in [0.2, 0.25) is 5.91 Å². The van der Waals surface area contributed by atoms with E-state index in [0.717, 1.165) is 6.42 Å². The molecule has 3 nitrogen and oxygen atoms in total. The third kappa shape index (κ3) is 4.53. The van der Waals surface area contributed by atoms with Crippen molar-refractivity contribution in [2.45, 2.75) is 19.8 Å². The van der Waals surface area contributed by atoms with Gasteiger partial charge in [0.25, 0.3) is 0 Å². The van der Waals surface area contributed by atoms with Gasteiger partial charge < -0.3 is 10.0 Å². The van der Waals surface area contributed by atoms with Crippen LogP contribution < -0.4 is 0 Å². The molecule has 1 N–H and O–H groups in total.